The number of hydrogen-bond donors (Lipinski definition) is 0. The van der Waals surface area contributed by atoms with E-state index in [1.165, 1.54) is 4.90 Å². The summed E-state index contributed by atoms with van der Waals surface area (Å²) < 4.78 is 5.49. The van der Waals surface area contributed by atoms with E-state index < -0.39 is 0 Å². The average molecular weight is 422 g/mol. The minimum absolute atomic E-state index is 0.0414. The molecule has 2 aliphatic heterocycles. The fraction of sp³-hybridized carbons (Fsp3) is 0.440. The van der Waals surface area contributed by atoms with E-state index in [1.807, 2.05) is 49.4 Å². The van der Waals surface area contributed by atoms with Crippen LogP contribution in [0.25, 0.3) is 0 Å². The lowest BCUT2D eigenvalue weighted by Gasteiger charge is -2.36. The molecule has 6 heteroatoms. The van der Waals surface area contributed by atoms with Gasteiger partial charge in [-0.25, -0.2) is 0 Å². The normalized spacial score (nSPS) is 19.9. The van der Waals surface area contributed by atoms with Gasteiger partial charge in [0.25, 0.3) is 0 Å². The summed E-state index contributed by atoms with van der Waals surface area (Å²) in [5, 5.41) is 0. The molecule has 0 N–H and O–H groups in total. The number of ether oxygens (including phenoxy) is 1. The number of aryl methyl sites for hydroxylation is 1. The van der Waals surface area contributed by atoms with E-state index in [4.69, 9.17) is 4.74 Å². The van der Waals surface area contributed by atoms with Gasteiger partial charge < -0.3 is 9.64 Å². The summed E-state index contributed by atoms with van der Waals surface area (Å²) >= 11 is 0. The van der Waals surface area contributed by atoms with Crippen molar-refractivity contribution in [3.8, 4) is 5.75 Å². The van der Waals surface area contributed by atoms with Crippen LogP contribution >= 0.6 is 0 Å². The number of rotatable bonds is 7. The maximum atomic E-state index is 12.9. The first kappa shape index (κ1) is 21.4. The number of likely N-dealkylation sites (tertiary alicyclic amines) is 1. The number of amides is 2. The molecule has 31 heavy (non-hydrogen) atoms. The van der Waals surface area contributed by atoms with Crippen LogP contribution in [0.5, 0.6) is 5.75 Å². The highest BCUT2D eigenvalue weighted by molar-refractivity contribution is 6.06. The largest absolute Gasteiger partial charge is 0.495 e. The minimum Gasteiger partial charge on any atom is -0.495 e. The fourth-order valence-electron chi connectivity index (χ4n) is 4.69. The molecule has 2 saturated heterocycles. The van der Waals surface area contributed by atoms with Gasteiger partial charge in [-0.2, -0.15) is 0 Å². The molecular weight excluding hydrogens is 390 g/mol. The van der Waals surface area contributed by atoms with E-state index in [9.17, 15) is 9.59 Å². The van der Waals surface area contributed by atoms with Crippen LogP contribution in [0.2, 0.25) is 0 Å². The van der Waals surface area contributed by atoms with Gasteiger partial charge in [0, 0.05) is 39.1 Å². The third-order valence-electron chi connectivity index (χ3n) is 6.46. The van der Waals surface area contributed by atoms with Crippen LogP contribution in [-0.2, 0) is 9.59 Å². The zero-order chi connectivity index (χ0) is 21.8. The summed E-state index contributed by atoms with van der Waals surface area (Å²) in [5.74, 6) is 0.503. The second-order valence-electron chi connectivity index (χ2n) is 8.35. The zero-order valence-corrected chi connectivity index (χ0v) is 18.4. The molecular formula is C25H31N3O3. The first-order valence-electron chi connectivity index (χ1n) is 11.1. The van der Waals surface area contributed by atoms with Gasteiger partial charge in [0.1, 0.15) is 5.75 Å². The van der Waals surface area contributed by atoms with Crippen LogP contribution in [0.1, 0.15) is 29.9 Å². The molecule has 4 rings (SSSR count). The van der Waals surface area contributed by atoms with Gasteiger partial charge in [0.2, 0.25) is 11.8 Å². The molecule has 0 bridgehead atoms. The van der Waals surface area contributed by atoms with Crippen molar-refractivity contribution in [2.45, 2.75) is 25.7 Å². The number of imide groups is 1. The molecule has 0 aromatic heterocycles. The fourth-order valence-corrected chi connectivity index (χ4v) is 4.69. The van der Waals surface area contributed by atoms with Crippen molar-refractivity contribution in [2.24, 2.45) is 0 Å². The molecule has 0 saturated carbocycles. The molecule has 2 heterocycles. The number of benzene rings is 2. The zero-order valence-electron chi connectivity index (χ0n) is 18.4. The standard InChI is InChI=1S/C25H31N3O3/c1-19-8-3-4-9-20(19)21-18-24(29)28(25(21)30)13-7-12-26-14-16-27(17-15-26)22-10-5-6-11-23(22)31-2/h3-6,8-11,21H,7,12-18H2,1-2H3. The molecule has 2 fully saturated rings. The van der Waals surface area contributed by atoms with E-state index in [0.29, 0.717) is 13.0 Å². The Hall–Kier alpha value is -2.86. The lowest BCUT2D eigenvalue weighted by atomic mass is 9.93. The number of methoxy groups -OCH3 is 1. The molecule has 2 aliphatic rings. The van der Waals surface area contributed by atoms with Crippen LogP contribution in [0.4, 0.5) is 5.69 Å². The number of anilines is 1. The second kappa shape index (κ2) is 9.52. The van der Waals surface area contributed by atoms with Gasteiger partial charge in [0.15, 0.2) is 0 Å². The molecule has 2 aromatic rings. The van der Waals surface area contributed by atoms with E-state index in [-0.39, 0.29) is 17.7 Å². The highest BCUT2D eigenvalue weighted by atomic mass is 16.5. The average Bonchev–Trinajstić information content (AvgIpc) is 3.08. The summed E-state index contributed by atoms with van der Waals surface area (Å²) in [7, 11) is 1.71. The molecule has 1 unspecified atom stereocenters. The van der Waals surface area contributed by atoms with Crippen LogP contribution < -0.4 is 9.64 Å². The number of carbonyl (C=O) groups is 2. The third kappa shape index (κ3) is 4.59. The highest BCUT2D eigenvalue weighted by Crippen LogP contribution is 2.32. The molecule has 2 aromatic carbocycles. The maximum Gasteiger partial charge on any atom is 0.237 e. The van der Waals surface area contributed by atoms with Crippen LogP contribution in [-0.4, -0.2) is 68.0 Å². The van der Waals surface area contributed by atoms with Crippen molar-refractivity contribution in [3.05, 3.63) is 59.7 Å². The summed E-state index contributed by atoms with van der Waals surface area (Å²) in [5.41, 5.74) is 3.19. The maximum absolute atomic E-state index is 12.9. The first-order valence-corrected chi connectivity index (χ1v) is 11.1. The molecule has 2 amide bonds. The summed E-state index contributed by atoms with van der Waals surface area (Å²) in [4.78, 5) is 31.6. The first-order chi connectivity index (χ1) is 15.1. The molecule has 0 radical (unpaired) electrons. The van der Waals surface area contributed by atoms with Crippen molar-refractivity contribution < 1.29 is 14.3 Å². The summed E-state index contributed by atoms with van der Waals surface area (Å²) in [6.45, 7) is 7.21. The second-order valence-corrected chi connectivity index (χ2v) is 8.35. The summed E-state index contributed by atoms with van der Waals surface area (Å²) in [6, 6.07) is 16.0. The lowest BCUT2D eigenvalue weighted by molar-refractivity contribution is -0.138. The van der Waals surface area contributed by atoms with Gasteiger partial charge in [-0.1, -0.05) is 36.4 Å². The van der Waals surface area contributed by atoms with Gasteiger partial charge in [0.05, 0.1) is 18.7 Å². The van der Waals surface area contributed by atoms with Crippen molar-refractivity contribution in [1.82, 2.24) is 9.80 Å². The van der Waals surface area contributed by atoms with Gasteiger partial charge >= 0.3 is 0 Å². The molecule has 0 aliphatic carbocycles. The molecule has 6 nitrogen and oxygen atoms in total. The van der Waals surface area contributed by atoms with Gasteiger partial charge in [-0.3, -0.25) is 19.4 Å². The van der Waals surface area contributed by atoms with E-state index >= 15 is 0 Å². The predicted molar refractivity (Wildman–Crippen MR) is 122 cm³/mol. The Morgan fingerprint density at radius 3 is 2.39 bits per heavy atom. The number of piperazine rings is 1. The van der Waals surface area contributed by atoms with Crippen molar-refractivity contribution >= 4 is 17.5 Å². The van der Waals surface area contributed by atoms with Gasteiger partial charge in [-0.15, -0.1) is 0 Å². The lowest BCUT2D eigenvalue weighted by Crippen LogP contribution is -2.47. The Morgan fingerprint density at radius 1 is 0.935 bits per heavy atom. The van der Waals surface area contributed by atoms with Crippen molar-refractivity contribution in [2.75, 3.05) is 51.3 Å². The third-order valence-corrected chi connectivity index (χ3v) is 6.46. The monoisotopic (exact) mass is 421 g/mol. The van der Waals surface area contributed by atoms with Crippen LogP contribution in [0, 0.1) is 6.92 Å². The van der Waals surface area contributed by atoms with Crippen molar-refractivity contribution in [1.29, 1.82) is 0 Å². The molecule has 1 atom stereocenters. The smallest absolute Gasteiger partial charge is 0.237 e. The van der Waals surface area contributed by atoms with Crippen LogP contribution in [0.3, 0.4) is 0 Å². The Morgan fingerprint density at radius 2 is 1.65 bits per heavy atom. The predicted octanol–water partition coefficient (Wildman–Crippen LogP) is 3.06. The van der Waals surface area contributed by atoms with E-state index in [2.05, 4.69) is 15.9 Å². The molecule has 164 valence electrons. The summed E-state index contributed by atoms with van der Waals surface area (Å²) in [6.07, 6.45) is 1.11. The quantitative estimate of drug-likeness (QED) is 0.643. The van der Waals surface area contributed by atoms with Crippen LogP contribution in [0.15, 0.2) is 48.5 Å². The number of hydrogen-bond acceptors (Lipinski definition) is 5. The Balaban J connectivity index is 1.26. The Bertz CT molecular complexity index is 937. The topological polar surface area (TPSA) is 53.1 Å². The SMILES string of the molecule is COc1ccccc1N1CCN(CCCN2C(=O)CC(c3ccccc3C)C2=O)CC1. The highest BCUT2D eigenvalue weighted by Gasteiger charge is 2.39. The van der Waals surface area contributed by atoms with Crippen molar-refractivity contribution in [3.63, 3.8) is 0 Å². The van der Waals surface area contributed by atoms with Gasteiger partial charge in [-0.05, 0) is 43.1 Å². The minimum atomic E-state index is -0.321. The Labute approximate surface area is 184 Å². The van der Waals surface area contributed by atoms with E-state index in [0.717, 1.165) is 61.7 Å². The Kier molecular flexibility index (Phi) is 6.56. The number of para-hydroxylation sites is 2. The number of carbonyl (C=O) groups excluding carboxylic acids is 2. The van der Waals surface area contributed by atoms with E-state index in [1.54, 1.807) is 7.11 Å². The number of nitrogens with zero attached hydrogens (tertiary/aromatic N) is 3. The molecule has 0 spiro atoms.